The van der Waals surface area contributed by atoms with Crippen LogP contribution in [0, 0.1) is 6.92 Å². The summed E-state index contributed by atoms with van der Waals surface area (Å²) in [5.41, 5.74) is 6.17. The van der Waals surface area contributed by atoms with Crippen LogP contribution in [0.4, 0.5) is 5.69 Å². The van der Waals surface area contributed by atoms with E-state index in [0.717, 1.165) is 39.3 Å². The fourth-order valence-electron chi connectivity index (χ4n) is 2.79. The molecule has 4 aromatic rings. The minimum Gasteiger partial charge on any atom is -0.380 e. The zero-order chi connectivity index (χ0) is 18.1. The molecule has 0 unspecified atom stereocenters. The molecule has 2 aromatic carbocycles. The van der Waals surface area contributed by atoms with Crippen LogP contribution in [0.15, 0.2) is 42.6 Å². The number of aryl methyl sites for hydroxylation is 2. The molecule has 0 saturated carbocycles. The summed E-state index contributed by atoms with van der Waals surface area (Å²) in [4.78, 5) is 6.85. The van der Waals surface area contributed by atoms with Crippen LogP contribution in [-0.4, -0.2) is 20.0 Å². The van der Waals surface area contributed by atoms with E-state index in [-0.39, 0.29) is 0 Å². The van der Waals surface area contributed by atoms with Crippen LogP contribution in [0.3, 0.4) is 0 Å². The molecule has 0 fully saturated rings. The Balaban J connectivity index is 1.61. The van der Waals surface area contributed by atoms with E-state index < -0.39 is 0 Å². The molecule has 5 nitrogen and oxygen atoms in total. The minimum absolute atomic E-state index is 0.561. The van der Waals surface area contributed by atoms with Gasteiger partial charge in [-0.2, -0.15) is 4.80 Å². The van der Waals surface area contributed by atoms with Gasteiger partial charge in [0.1, 0.15) is 11.0 Å². The maximum absolute atomic E-state index is 5.89. The molecule has 132 valence electrons. The number of hydrogen-bond donors (Lipinski definition) is 1. The van der Waals surface area contributed by atoms with Gasteiger partial charge in [-0.25, -0.2) is 4.98 Å². The number of rotatable bonds is 5. The van der Waals surface area contributed by atoms with Crippen molar-refractivity contribution >= 4 is 39.7 Å². The van der Waals surface area contributed by atoms with Gasteiger partial charge in [0, 0.05) is 16.8 Å². The van der Waals surface area contributed by atoms with E-state index in [4.69, 9.17) is 11.6 Å². The average molecular weight is 384 g/mol. The molecular formula is C19H18ClN5S. The molecule has 7 heteroatoms. The quantitative estimate of drug-likeness (QED) is 0.526. The van der Waals surface area contributed by atoms with Gasteiger partial charge in [0.2, 0.25) is 0 Å². The smallest absolute Gasteiger partial charge is 0.183 e. The van der Waals surface area contributed by atoms with E-state index in [1.807, 2.05) is 6.07 Å². The van der Waals surface area contributed by atoms with Crippen LogP contribution < -0.4 is 5.32 Å². The van der Waals surface area contributed by atoms with Gasteiger partial charge in [-0.1, -0.05) is 30.7 Å². The third kappa shape index (κ3) is 3.43. The zero-order valence-electron chi connectivity index (χ0n) is 14.5. The predicted molar refractivity (Wildman–Crippen MR) is 107 cm³/mol. The molecular weight excluding hydrogens is 366 g/mol. The second-order valence-corrected chi connectivity index (χ2v) is 7.80. The summed E-state index contributed by atoms with van der Waals surface area (Å²) in [6.07, 6.45) is 2.82. The minimum atomic E-state index is 0.561. The van der Waals surface area contributed by atoms with Gasteiger partial charge < -0.3 is 5.32 Å². The van der Waals surface area contributed by atoms with Gasteiger partial charge in [-0.05, 0) is 48.7 Å². The number of aromatic nitrogens is 4. The number of anilines is 1. The predicted octanol–water partition coefficient (Wildman–Crippen LogP) is 5.01. The SMILES string of the molecule is CCc1ccc(-n2nc3cc(C)c(NCc4cnc(Cl)s4)cc3n2)cc1. The van der Waals surface area contributed by atoms with Gasteiger partial charge >= 0.3 is 0 Å². The van der Waals surface area contributed by atoms with Crippen molar-refractivity contribution in [1.29, 1.82) is 0 Å². The molecule has 0 aliphatic rings. The molecule has 2 aromatic heterocycles. The Hall–Kier alpha value is -2.44. The summed E-state index contributed by atoms with van der Waals surface area (Å²) in [6.45, 7) is 4.90. The van der Waals surface area contributed by atoms with E-state index >= 15 is 0 Å². The Kier molecular flexibility index (Phi) is 4.61. The van der Waals surface area contributed by atoms with Crippen molar-refractivity contribution in [3.8, 4) is 5.69 Å². The molecule has 1 N–H and O–H groups in total. The highest BCUT2D eigenvalue weighted by Crippen LogP contribution is 2.24. The van der Waals surface area contributed by atoms with Gasteiger partial charge in [-0.3, -0.25) is 0 Å². The molecule has 0 atom stereocenters. The van der Waals surface area contributed by atoms with Crippen molar-refractivity contribution in [2.45, 2.75) is 26.8 Å². The Morgan fingerprint density at radius 1 is 1.12 bits per heavy atom. The molecule has 0 saturated heterocycles. The maximum atomic E-state index is 5.89. The van der Waals surface area contributed by atoms with Crippen LogP contribution >= 0.6 is 22.9 Å². The van der Waals surface area contributed by atoms with Crippen molar-refractivity contribution in [2.24, 2.45) is 0 Å². The Morgan fingerprint density at radius 2 is 1.85 bits per heavy atom. The molecule has 0 aliphatic heterocycles. The summed E-state index contributed by atoms with van der Waals surface area (Å²) in [7, 11) is 0. The number of nitrogens with one attached hydrogen (secondary N) is 1. The number of nitrogens with zero attached hydrogens (tertiary/aromatic N) is 4. The highest BCUT2D eigenvalue weighted by molar-refractivity contribution is 7.15. The van der Waals surface area contributed by atoms with Crippen LogP contribution in [-0.2, 0) is 13.0 Å². The lowest BCUT2D eigenvalue weighted by Gasteiger charge is -2.07. The number of hydrogen-bond acceptors (Lipinski definition) is 5. The van der Waals surface area contributed by atoms with Crippen LogP contribution in [0.25, 0.3) is 16.7 Å². The lowest BCUT2D eigenvalue weighted by Crippen LogP contribution is -1.99. The van der Waals surface area contributed by atoms with E-state index in [0.29, 0.717) is 11.0 Å². The molecule has 4 rings (SSSR count). The molecule has 0 spiro atoms. The van der Waals surface area contributed by atoms with Crippen LogP contribution in [0.1, 0.15) is 22.9 Å². The number of halogens is 1. The van der Waals surface area contributed by atoms with Crippen molar-refractivity contribution in [3.05, 3.63) is 63.1 Å². The third-order valence-electron chi connectivity index (χ3n) is 4.28. The summed E-state index contributed by atoms with van der Waals surface area (Å²) < 4.78 is 0.561. The third-order valence-corrected chi connectivity index (χ3v) is 5.40. The van der Waals surface area contributed by atoms with Gasteiger partial charge in [0.25, 0.3) is 0 Å². The molecule has 26 heavy (non-hydrogen) atoms. The highest BCUT2D eigenvalue weighted by Gasteiger charge is 2.09. The van der Waals surface area contributed by atoms with Gasteiger partial charge in [0.15, 0.2) is 4.47 Å². The van der Waals surface area contributed by atoms with E-state index in [2.05, 4.69) is 64.7 Å². The fourth-order valence-corrected chi connectivity index (χ4v) is 3.70. The first-order valence-corrected chi connectivity index (χ1v) is 9.63. The Bertz CT molecular complexity index is 1050. The molecule has 0 amide bonds. The van der Waals surface area contributed by atoms with Crippen molar-refractivity contribution in [2.75, 3.05) is 5.32 Å². The van der Waals surface area contributed by atoms with E-state index in [1.165, 1.54) is 16.9 Å². The standard InChI is InChI=1S/C19H18ClN5S/c1-3-13-4-6-14(7-5-13)25-23-17-8-12(2)16(9-18(17)24-25)21-10-15-11-22-19(20)26-15/h4-9,11,21H,3,10H2,1-2H3. The average Bonchev–Trinajstić information content (AvgIpc) is 3.25. The molecule has 0 radical (unpaired) electrons. The summed E-state index contributed by atoms with van der Waals surface area (Å²) >= 11 is 7.37. The van der Waals surface area contributed by atoms with Crippen molar-refractivity contribution < 1.29 is 0 Å². The van der Waals surface area contributed by atoms with Gasteiger partial charge in [-0.15, -0.1) is 21.5 Å². The molecule has 2 heterocycles. The van der Waals surface area contributed by atoms with E-state index in [9.17, 15) is 0 Å². The first-order valence-electron chi connectivity index (χ1n) is 8.43. The van der Waals surface area contributed by atoms with Crippen molar-refractivity contribution in [1.82, 2.24) is 20.0 Å². The number of benzene rings is 2. The Labute approximate surface area is 160 Å². The van der Waals surface area contributed by atoms with E-state index in [1.54, 1.807) is 11.0 Å². The van der Waals surface area contributed by atoms with Crippen molar-refractivity contribution in [3.63, 3.8) is 0 Å². The second-order valence-electron chi connectivity index (χ2n) is 6.10. The Morgan fingerprint density at radius 3 is 2.50 bits per heavy atom. The highest BCUT2D eigenvalue weighted by atomic mass is 35.5. The first kappa shape index (κ1) is 17.0. The zero-order valence-corrected chi connectivity index (χ0v) is 16.1. The van der Waals surface area contributed by atoms with Gasteiger partial charge in [0.05, 0.1) is 12.2 Å². The van der Waals surface area contributed by atoms with Crippen LogP contribution in [0.5, 0.6) is 0 Å². The molecule has 0 bridgehead atoms. The topological polar surface area (TPSA) is 55.6 Å². The summed E-state index contributed by atoms with van der Waals surface area (Å²) in [5.74, 6) is 0. The largest absolute Gasteiger partial charge is 0.380 e. The van der Waals surface area contributed by atoms with Crippen LogP contribution in [0.2, 0.25) is 4.47 Å². The first-order chi connectivity index (χ1) is 12.6. The maximum Gasteiger partial charge on any atom is 0.183 e. The number of thiazole rings is 1. The summed E-state index contributed by atoms with van der Waals surface area (Å²) in [5, 5.41) is 12.7. The summed E-state index contributed by atoms with van der Waals surface area (Å²) in [6, 6.07) is 12.4. The monoisotopic (exact) mass is 383 g/mol. The lowest BCUT2D eigenvalue weighted by molar-refractivity contribution is 0.765. The normalized spacial score (nSPS) is 11.2. The molecule has 0 aliphatic carbocycles. The second kappa shape index (κ2) is 7.05. The number of fused-ring (bicyclic) bond motifs is 1. The fraction of sp³-hybridized carbons (Fsp3) is 0.211. The lowest BCUT2D eigenvalue weighted by atomic mass is 10.1.